The molecule has 4 rings (SSSR count). The van der Waals surface area contributed by atoms with Gasteiger partial charge in [0, 0.05) is 44.8 Å². The maximum Gasteiger partial charge on any atom is 0.290 e. The summed E-state index contributed by atoms with van der Waals surface area (Å²) in [5.74, 6) is 0.543. The number of piperazine rings is 1. The second kappa shape index (κ2) is 9.27. The lowest BCUT2D eigenvalue weighted by atomic mass is 10.1. The van der Waals surface area contributed by atoms with Gasteiger partial charge in [-0.15, -0.1) is 0 Å². The highest BCUT2D eigenvalue weighted by Crippen LogP contribution is 2.26. The Morgan fingerprint density at radius 3 is 2.17 bits per heavy atom. The van der Waals surface area contributed by atoms with Gasteiger partial charge in [-0.05, 0) is 24.5 Å². The number of hydrogen-bond acceptors (Lipinski definition) is 4. The molecular formula is C23H29N3O3. The number of carbonyl (C=O) groups is 2. The maximum absolute atomic E-state index is 13.0. The molecule has 29 heavy (non-hydrogen) atoms. The van der Waals surface area contributed by atoms with Crippen LogP contribution in [0.3, 0.4) is 0 Å². The molecule has 6 nitrogen and oxygen atoms in total. The molecule has 0 saturated carbocycles. The highest BCUT2D eigenvalue weighted by Gasteiger charge is 2.28. The number of rotatable bonds is 4. The first-order valence-electron chi connectivity index (χ1n) is 10.6. The first-order chi connectivity index (χ1) is 14.2. The van der Waals surface area contributed by atoms with Crippen molar-refractivity contribution in [3.05, 3.63) is 48.4 Å². The molecule has 1 aromatic carbocycles. The van der Waals surface area contributed by atoms with Crippen LogP contribution in [-0.4, -0.2) is 72.3 Å². The summed E-state index contributed by atoms with van der Waals surface area (Å²) in [5, 5.41) is 0. The molecule has 3 heterocycles. The van der Waals surface area contributed by atoms with Crippen LogP contribution in [-0.2, 0) is 4.79 Å². The quantitative estimate of drug-likeness (QED) is 0.798. The molecule has 0 bridgehead atoms. The Hall–Kier alpha value is -2.60. The molecule has 154 valence electrons. The van der Waals surface area contributed by atoms with Gasteiger partial charge in [0.15, 0.2) is 5.76 Å². The van der Waals surface area contributed by atoms with Gasteiger partial charge in [-0.2, -0.15) is 0 Å². The van der Waals surface area contributed by atoms with E-state index in [1.165, 1.54) is 12.8 Å². The summed E-state index contributed by atoms with van der Waals surface area (Å²) in [6.45, 7) is 4.88. The SMILES string of the molecule is O=C(CN1CCN(C(=O)c2occc2-c2ccccc2)CC1)N1CCCCCC1. The van der Waals surface area contributed by atoms with Crippen LogP contribution in [0, 0.1) is 0 Å². The van der Waals surface area contributed by atoms with Crippen molar-refractivity contribution in [2.75, 3.05) is 45.8 Å². The zero-order valence-corrected chi connectivity index (χ0v) is 16.9. The van der Waals surface area contributed by atoms with Crippen molar-refractivity contribution in [1.29, 1.82) is 0 Å². The third-order valence-electron chi connectivity index (χ3n) is 5.92. The molecule has 0 unspecified atom stereocenters. The van der Waals surface area contributed by atoms with E-state index in [4.69, 9.17) is 4.42 Å². The van der Waals surface area contributed by atoms with Gasteiger partial charge in [0.25, 0.3) is 5.91 Å². The van der Waals surface area contributed by atoms with Crippen LogP contribution in [0.25, 0.3) is 11.1 Å². The van der Waals surface area contributed by atoms with Crippen molar-refractivity contribution in [2.45, 2.75) is 25.7 Å². The van der Waals surface area contributed by atoms with Crippen molar-refractivity contribution in [1.82, 2.24) is 14.7 Å². The van der Waals surface area contributed by atoms with Gasteiger partial charge < -0.3 is 14.2 Å². The van der Waals surface area contributed by atoms with E-state index in [1.54, 1.807) is 6.26 Å². The van der Waals surface area contributed by atoms with Gasteiger partial charge in [-0.25, -0.2) is 0 Å². The van der Waals surface area contributed by atoms with Crippen LogP contribution in [0.1, 0.15) is 36.2 Å². The topological polar surface area (TPSA) is 57.0 Å². The summed E-state index contributed by atoms with van der Waals surface area (Å²) in [4.78, 5) is 31.6. The number of nitrogens with zero attached hydrogens (tertiary/aromatic N) is 3. The summed E-state index contributed by atoms with van der Waals surface area (Å²) in [5.41, 5.74) is 1.81. The molecule has 0 N–H and O–H groups in total. The second-order valence-electron chi connectivity index (χ2n) is 7.89. The Kier molecular flexibility index (Phi) is 6.30. The van der Waals surface area contributed by atoms with Crippen LogP contribution in [0.15, 0.2) is 47.1 Å². The minimum absolute atomic E-state index is 0.0765. The predicted molar refractivity (Wildman–Crippen MR) is 112 cm³/mol. The van der Waals surface area contributed by atoms with Crippen molar-refractivity contribution in [3.8, 4) is 11.1 Å². The molecule has 0 aliphatic carbocycles. The summed E-state index contributed by atoms with van der Waals surface area (Å²) < 4.78 is 5.55. The molecule has 2 aliphatic heterocycles. The lowest BCUT2D eigenvalue weighted by molar-refractivity contribution is -0.132. The fourth-order valence-corrected chi connectivity index (χ4v) is 4.18. The fourth-order valence-electron chi connectivity index (χ4n) is 4.18. The molecule has 2 saturated heterocycles. The van der Waals surface area contributed by atoms with Gasteiger partial charge >= 0.3 is 0 Å². The van der Waals surface area contributed by atoms with Crippen LogP contribution >= 0.6 is 0 Å². The zero-order valence-electron chi connectivity index (χ0n) is 16.9. The molecular weight excluding hydrogens is 366 g/mol. The van der Waals surface area contributed by atoms with Gasteiger partial charge in [-0.3, -0.25) is 14.5 Å². The van der Waals surface area contributed by atoms with Crippen molar-refractivity contribution in [2.24, 2.45) is 0 Å². The average Bonchev–Trinajstić information content (AvgIpc) is 3.09. The van der Waals surface area contributed by atoms with Crippen molar-refractivity contribution < 1.29 is 14.0 Å². The zero-order chi connectivity index (χ0) is 20.1. The fraction of sp³-hybridized carbons (Fsp3) is 0.478. The monoisotopic (exact) mass is 395 g/mol. The third-order valence-corrected chi connectivity index (χ3v) is 5.92. The minimum Gasteiger partial charge on any atom is -0.459 e. The second-order valence-corrected chi connectivity index (χ2v) is 7.89. The van der Waals surface area contributed by atoms with Crippen molar-refractivity contribution in [3.63, 3.8) is 0 Å². The van der Waals surface area contributed by atoms with Crippen LogP contribution in [0.4, 0.5) is 0 Å². The van der Waals surface area contributed by atoms with E-state index >= 15 is 0 Å². The maximum atomic E-state index is 13.0. The first kappa shape index (κ1) is 19.7. The molecule has 1 aromatic heterocycles. The molecule has 0 spiro atoms. The number of likely N-dealkylation sites (tertiary alicyclic amines) is 1. The lowest BCUT2D eigenvalue weighted by Gasteiger charge is -2.35. The van der Waals surface area contributed by atoms with E-state index in [0.717, 1.165) is 37.1 Å². The number of hydrogen-bond donors (Lipinski definition) is 0. The normalized spacial score (nSPS) is 18.5. The Labute approximate surface area is 172 Å². The molecule has 0 radical (unpaired) electrons. The Bertz CT molecular complexity index is 817. The van der Waals surface area contributed by atoms with Gasteiger partial charge in [0.1, 0.15) is 0 Å². The Morgan fingerprint density at radius 1 is 0.793 bits per heavy atom. The number of furan rings is 1. The van der Waals surface area contributed by atoms with E-state index in [2.05, 4.69) is 4.90 Å². The largest absolute Gasteiger partial charge is 0.459 e. The molecule has 0 atom stereocenters. The highest BCUT2D eigenvalue weighted by molar-refractivity contribution is 5.98. The van der Waals surface area contributed by atoms with E-state index in [9.17, 15) is 9.59 Å². The standard InChI is InChI=1S/C23H29N3O3/c27-21(25-11-6-1-2-7-12-25)18-24-13-15-26(16-14-24)23(28)22-20(10-17-29-22)19-8-4-3-5-9-19/h3-5,8-10,17H,1-2,6-7,11-16,18H2. The molecule has 2 aromatic rings. The van der Waals surface area contributed by atoms with E-state index < -0.39 is 0 Å². The van der Waals surface area contributed by atoms with Gasteiger partial charge in [-0.1, -0.05) is 43.2 Å². The third kappa shape index (κ3) is 4.70. The molecule has 2 aliphatic rings. The highest BCUT2D eigenvalue weighted by atomic mass is 16.3. The van der Waals surface area contributed by atoms with Crippen LogP contribution in [0.5, 0.6) is 0 Å². The van der Waals surface area contributed by atoms with Crippen molar-refractivity contribution >= 4 is 11.8 Å². The Morgan fingerprint density at radius 2 is 1.48 bits per heavy atom. The summed E-state index contributed by atoms with van der Waals surface area (Å²) in [6.07, 6.45) is 6.25. The number of amides is 2. The van der Waals surface area contributed by atoms with Gasteiger partial charge in [0.2, 0.25) is 5.91 Å². The summed E-state index contributed by atoms with van der Waals surface area (Å²) in [6, 6.07) is 11.7. The summed E-state index contributed by atoms with van der Waals surface area (Å²) >= 11 is 0. The first-order valence-corrected chi connectivity index (χ1v) is 10.6. The number of carbonyl (C=O) groups excluding carboxylic acids is 2. The van der Waals surface area contributed by atoms with Gasteiger partial charge in [0.05, 0.1) is 12.8 Å². The minimum atomic E-state index is -0.0765. The molecule has 2 fully saturated rings. The van der Waals surface area contributed by atoms with Crippen LogP contribution < -0.4 is 0 Å². The van der Waals surface area contributed by atoms with E-state index in [-0.39, 0.29) is 11.8 Å². The Balaban J connectivity index is 1.32. The lowest BCUT2D eigenvalue weighted by Crippen LogP contribution is -2.51. The van der Waals surface area contributed by atoms with E-state index in [1.807, 2.05) is 46.2 Å². The summed E-state index contributed by atoms with van der Waals surface area (Å²) in [7, 11) is 0. The molecule has 6 heteroatoms. The van der Waals surface area contributed by atoms with Crippen LogP contribution in [0.2, 0.25) is 0 Å². The van der Waals surface area contributed by atoms with E-state index in [0.29, 0.717) is 38.5 Å². The number of benzene rings is 1. The smallest absolute Gasteiger partial charge is 0.290 e. The molecule has 2 amide bonds. The predicted octanol–water partition coefficient (Wildman–Crippen LogP) is 3.11. The average molecular weight is 396 g/mol.